The van der Waals surface area contributed by atoms with Crippen LogP contribution in [-0.2, 0) is 9.59 Å². The van der Waals surface area contributed by atoms with E-state index in [0.29, 0.717) is 11.8 Å². The van der Waals surface area contributed by atoms with Crippen LogP contribution in [0.15, 0.2) is 23.0 Å². The highest BCUT2D eigenvalue weighted by Crippen LogP contribution is 2.45. The SMILES string of the molecule is O=C(NC1CC1)C1CSC(c2ccoc2)N1C(=O)C1CC1. The quantitative estimate of drug-likeness (QED) is 0.923. The van der Waals surface area contributed by atoms with Crippen LogP contribution in [0.2, 0.25) is 0 Å². The zero-order valence-corrected chi connectivity index (χ0v) is 12.5. The van der Waals surface area contributed by atoms with Crippen molar-refractivity contribution in [1.29, 1.82) is 0 Å². The molecule has 2 amide bonds. The summed E-state index contributed by atoms with van der Waals surface area (Å²) in [6.45, 7) is 0. The molecular formula is C15H18N2O3S. The normalized spacial score (nSPS) is 28.7. The van der Waals surface area contributed by atoms with Gasteiger partial charge in [-0.25, -0.2) is 0 Å². The molecule has 0 bridgehead atoms. The molecule has 21 heavy (non-hydrogen) atoms. The molecule has 0 aromatic carbocycles. The second-order valence-corrected chi connectivity index (χ2v) is 7.17. The summed E-state index contributed by atoms with van der Waals surface area (Å²) in [4.78, 5) is 26.9. The lowest BCUT2D eigenvalue weighted by atomic mass is 10.2. The van der Waals surface area contributed by atoms with Gasteiger partial charge in [0.15, 0.2) is 0 Å². The van der Waals surface area contributed by atoms with Gasteiger partial charge in [-0.05, 0) is 31.7 Å². The van der Waals surface area contributed by atoms with Crippen LogP contribution in [0.25, 0.3) is 0 Å². The molecule has 3 aliphatic rings. The van der Waals surface area contributed by atoms with Gasteiger partial charge in [-0.15, -0.1) is 11.8 Å². The van der Waals surface area contributed by atoms with E-state index in [0.717, 1.165) is 31.2 Å². The molecule has 1 N–H and O–H groups in total. The van der Waals surface area contributed by atoms with Crippen LogP contribution >= 0.6 is 11.8 Å². The Morgan fingerprint density at radius 1 is 1.29 bits per heavy atom. The molecule has 2 heterocycles. The van der Waals surface area contributed by atoms with Gasteiger partial charge >= 0.3 is 0 Å². The standard InChI is InChI=1S/C15H18N2O3S/c18-13(16-11-3-4-11)12-8-21-15(10-5-6-20-7-10)17(12)14(19)9-1-2-9/h5-7,9,11-12,15H,1-4,8H2,(H,16,18). The average molecular weight is 306 g/mol. The molecule has 5 nitrogen and oxygen atoms in total. The van der Waals surface area contributed by atoms with Crippen molar-refractivity contribution in [2.75, 3.05) is 5.75 Å². The van der Waals surface area contributed by atoms with Crippen molar-refractivity contribution < 1.29 is 14.0 Å². The number of furan rings is 1. The third-order valence-electron chi connectivity index (χ3n) is 4.24. The van der Waals surface area contributed by atoms with Crippen LogP contribution in [0.3, 0.4) is 0 Å². The summed E-state index contributed by atoms with van der Waals surface area (Å²) in [5, 5.41) is 2.95. The summed E-state index contributed by atoms with van der Waals surface area (Å²) in [5.74, 6) is 0.911. The monoisotopic (exact) mass is 306 g/mol. The first-order valence-corrected chi connectivity index (χ1v) is 8.55. The van der Waals surface area contributed by atoms with E-state index in [9.17, 15) is 9.59 Å². The van der Waals surface area contributed by atoms with E-state index < -0.39 is 0 Å². The maximum absolute atomic E-state index is 12.6. The topological polar surface area (TPSA) is 62.6 Å². The number of carbonyl (C=O) groups excluding carboxylic acids is 2. The Kier molecular flexibility index (Phi) is 3.21. The molecular weight excluding hydrogens is 288 g/mol. The molecule has 6 heteroatoms. The third kappa shape index (κ3) is 2.57. The van der Waals surface area contributed by atoms with Crippen molar-refractivity contribution in [3.05, 3.63) is 24.2 Å². The lowest BCUT2D eigenvalue weighted by Crippen LogP contribution is -2.49. The minimum Gasteiger partial charge on any atom is -0.472 e. The Bertz CT molecular complexity index is 551. The summed E-state index contributed by atoms with van der Waals surface area (Å²) >= 11 is 1.65. The zero-order valence-electron chi connectivity index (χ0n) is 11.7. The Morgan fingerprint density at radius 3 is 2.71 bits per heavy atom. The second-order valence-electron chi connectivity index (χ2n) is 6.06. The molecule has 1 aromatic heterocycles. The number of hydrogen-bond acceptors (Lipinski definition) is 4. The van der Waals surface area contributed by atoms with Gasteiger partial charge in [0, 0.05) is 23.3 Å². The first-order valence-electron chi connectivity index (χ1n) is 7.50. The predicted octanol–water partition coefficient (Wildman–Crippen LogP) is 1.91. The smallest absolute Gasteiger partial charge is 0.243 e. The molecule has 112 valence electrons. The van der Waals surface area contributed by atoms with Crippen molar-refractivity contribution in [3.8, 4) is 0 Å². The van der Waals surface area contributed by atoms with Crippen LogP contribution in [0.1, 0.15) is 36.6 Å². The number of carbonyl (C=O) groups is 2. The summed E-state index contributed by atoms with van der Waals surface area (Å²) in [7, 11) is 0. The van der Waals surface area contributed by atoms with Crippen LogP contribution in [0, 0.1) is 5.92 Å². The molecule has 1 aromatic rings. The third-order valence-corrected chi connectivity index (χ3v) is 5.56. The van der Waals surface area contributed by atoms with Crippen LogP contribution < -0.4 is 5.32 Å². The van der Waals surface area contributed by atoms with E-state index in [-0.39, 0.29) is 29.1 Å². The van der Waals surface area contributed by atoms with Gasteiger partial charge in [0.2, 0.25) is 11.8 Å². The van der Waals surface area contributed by atoms with E-state index in [2.05, 4.69) is 5.32 Å². The molecule has 0 radical (unpaired) electrons. The minimum absolute atomic E-state index is 0.00462. The lowest BCUT2D eigenvalue weighted by molar-refractivity contribution is -0.140. The fourth-order valence-electron chi connectivity index (χ4n) is 2.72. The first kappa shape index (κ1) is 13.2. The summed E-state index contributed by atoms with van der Waals surface area (Å²) < 4.78 is 5.15. The summed E-state index contributed by atoms with van der Waals surface area (Å²) in [6.07, 6.45) is 7.32. The lowest BCUT2D eigenvalue weighted by Gasteiger charge is -2.28. The molecule has 1 saturated heterocycles. The molecule has 1 aliphatic heterocycles. The van der Waals surface area contributed by atoms with Crippen LogP contribution in [-0.4, -0.2) is 34.6 Å². The van der Waals surface area contributed by atoms with Gasteiger partial charge in [0.25, 0.3) is 0 Å². The first-order chi connectivity index (χ1) is 10.2. The number of thioether (sulfide) groups is 1. The molecule has 0 spiro atoms. The van der Waals surface area contributed by atoms with Gasteiger partial charge in [0.1, 0.15) is 11.4 Å². The van der Waals surface area contributed by atoms with E-state index in [4.69, 9.17) is 4.42 Å². The van der Waals surface area contributed by atoms with E-state index >= 15 is 0 Å². The molecule has 2 aliphatic carbocycles. The highest BCUT2D eigenvalue weighted by atomic mass is 32.2. The highest BCUT2D eigenvalue weighted by Gasteiger charge is 2.47. The molecule has 4 rings (SSSR count). The van der Waals surface area contributed by atoms with Gasteiger partial charge in [0.05, 0.1) is 12.5 Å². The molecule has 2 unspecified atom stereocenters. The van der Waals surface area contributed by atoms with Crippen molar-refractivity contribution >= 4 is 23.6 Å². The number of rotatable bonds is 4. The van der Waals surface area contributed by atoms with Gasteiger partial charge in [-0.2, -0.15) is 0 Å². The van der Waals surface area contributed by atoms with Gasteiger partial charge in [-0.3, -0.25) is 9.59 Å². The second kappa shape index (κ2) is 5.09. The minimum atomic E-state index is -0.344. The largest absolute Gasteiger partial charge is 0.472 e. The summed E-state index contributed by atoms with van der Waals surface area (Å²) in [6, 6.07) is 1.86. The number of nitrogens with zero attached hydrogens (tertiary/aromatic N) is 1. The van der Waals surface area contributed by atoms with Crippen LogP contribution in [0.5, 0.6) is 0 Å². The Morgan fingerprint density at radius 2 is 2.10 bits per heavy atom. The fourth-order valence-corrected chi connectivity index (χ4v) is 4.13. The van der Waals surface area contributed by atoms with Crippen molar-refractivity contribution in [2.24, 2.45) is 5.92 Å². The van der Waals surface area contributed by atoms with Gasteiger partial charge in [-0.1, -0.05) is 0 Å². The maximum atomic E-state index is 12.6. The van der Waals surface area contributed by atoms with Crippen LogP contribution in [0.4, 0.5) is 0 Å². The number of amides is 2. The van der Waals surface area contributed by atoms with E-state index in [1.54, 1.807) is 29.2 Å². The number of nitrogens with one attached hydrogen (secondary N) is 1. The number of hydrogen-bond donors (Lipinski definition) is 1. The fraction of sp³-hybridized carbons (Fsp3) is 0.600. The summed E-state index contributed by atoms with van der Waals surface area (Å²) in [5.41, 5.74) is 0.968. The maximum Gasteiger partial charge on any atom is 0.243 e. The average Bonchev–Trinajstić information content (AvgIpc) is 3.38. The Labute approximate surface area is 127 Å². The van der Waals surface area contributed by atoms with E-state index in [1.165, 1.54) is 0 Å². The van der Waals surface area contributed by atoms with Crippen molar-refractivity contribution in [3.63, 3.8) is 0 Å². The zero-order chi connectivity index (χ0) is 14.4. The molecule has 2 atom stereocenters. The molecule has 3 fully saturated rings. The predicted molar refractivity (Wildman–Crippen MR) is 78.4 cm³/mol. The van der Waals surface area contributed by atoms with Gasteiger partial charge < -0.3 is 14.6 Å². The highest BCUT2D eigenvalue weighted by molar-refractivity contribution is 7.99. The molecule has 2 saturated carbocycles. The Hall–Kier alpha value is -1.43. The van der Waals surface area contributed by atoms with Crippen molar-refractivity contribution in [1.82, 2.24) is 10.2 Å². The van der Waals surface area contributed by atoms with Crippen molar-refractivity contribution in [2.45, 2.75) is 43.1 Å². The Balaban J connectivity index is 1.57. The van der Waals surface area contributed by atoms with E-state index in [1.807, 2.05) is 6.07 Å².